The van der Waals surface area contributed by atoms with E-state index >= 15 is 0 Å². The Kier molecular flexibility index (Phi) is 4.99. The summed E-state index contributed by atoms with van der Waals surface area (Å²) in [6.07, 6.45) is 1.61. The highest BCUT2D eigenvalue weighted by atomic mass is 16.7. The molecule has 2 atom stereocenters. The zero-order valence-corrected chi connectivity index (χ0v) is 19.4. The van der Waals surface area contributed by atoms with Crippen molar-refractivity contribution >= 4 is 11.7 Å². The van der Waals surface area contributed by atoms with Crippen LogP contribution in [0.4, 0.5) is 5.69 Å². The van der Waals surface area contributed by atoms with Crippen molar-refractivity contribution in [3.63, 3.8) is 0 Å². The van der Waals surface area contributed by atoms with Gasteiger partial charge >= 0.3 is 5.97 Å². The Bertz CT molecular complexity index is 1260. The first-order chi connectivity index (χ1) is 16.6. The van der Waals surface area contributed by atoms with Crippen LogP contribution in [-0.4, -0.2) is 32.0 Å². The number of fused-ring (bicyclic) bond motifs is 6. The Morgan fingerprint density at radius 2 is 1.74 bits per heavy atom. The van der Waals surface area contributed by atoms with Crippen LogP contribution in [0.3, 0.4) is 0 Å². The Balaban J connectivity index is 1.53. The van der Waals surface area contributed by atoms with E-state index < -0.39 is 5.60 Å². The maximum absolute atomic E-state index is 13.0. The van der Waals surface area contributed by atoms with Gasteiger partial charge in [-0.3, -0.25) is 0 Å². The standard InChI is InChI=1S/C28H27NO5/c1-3-29(4-2)18-11-13-22-24(16-18)33-25-17-19(32-26-10-7-15-31-26)12-14-23(25)28(22)21-9-6-5-8-20(21)27(30)34-28/h5-6,8-9,11-14,16-17,26H,3-4,7,10,15H2,1-2H3. The number of carbonyl (C=O) groups is 1. The predicted octanol–water partition coefficient (Wildman–Crippen LogP) is 5.62. The molecule has 0 amide bonds. The van der Waals surface area contributed by atoms with Gasteiger partial charge in [0.05, 0.1) is 12.2 Å². The molecule has 34 heavy (non-hydrogen) atoms. The molecule has 174 valence electrons. The molecule has 1 spiro atoms. The smallest absolute Gasteiger partial charge is 0.340 e. The van der Waals surface area contributed by atoms with Crippen LogP contribution in [0.5, 0.6) is 17.2 Å². The van der Waals surface area contributed by atoms with Crippen molar-refractivity contribution in [1.29, 1.82) is 0 Å². The zero-order valence-electron chi connectivity index (χ0n) is 19.4. The molecule has 3 aliphatic rings. The molecule has 2 unspecified atom stereocenters. The molecule has 0 aliphatic carbocycles. The molecule has 0 radical (unpaired) electrons. The van der Waals surface area contributed by atoms with Gasteiger partial charge in [-0.05, 0) is 50.6 Å². The quantitative estimate of drug-likeness (QED) is 0.464. The number of anilines is 1. The first-order valence-electron chi connectivity index (χ1n) is 12.0. The second kappa shape index (κ2) is 8.06. The van der Waals surface area contributed by atoms with Gasteiger partial charge in [0.25, 0.3) is 0 Å². The van der Waals surface area contributed by atoms with Gasteiger partial charge in [0.2, 0.25) is 0 Å². The highest BCUT2D eigenvalue weighted by Gasteiger charge is 2.53. The second-order valence-electron chi connectivity index (χ2n) is 8.79. The maximum Gasteiger partial charge on any atom is 0.340 e. The van der Waals surface area contributed by atoms with Gasteiger partial charge in [-0.15, -0.1) is 0 Å². The van der Waals surface area contributed by atoms with Crippen LogP contribution in [0.2, 0.25) is 0 Å². The lowest BCUT2D eigenvalue weighted by Crippen LogP contribution is -2.33. The van der Waals surface area contributed by atoms with Crippen molar-refractivity contribution in [2.75, 3.05) is 24.6 Å². The highest BCUT2D eigenvalue weighted by molar-refractivity contribution is 5.97. The van der Waals surface area contributed by atoms with Crippen molar-refractivity contribution in [3.8, 4) is 17.2 Å². The number of esters is 1. The number of ether oxygens (including phenoxy) is 4. The van der Waals surface area contributed by atoms with Crippen LogP contribution >= 0.6 is 0 Å². The monoisotopic (exact) mass is 457 g/mol. The molecule has 0 bridgehead atoms. The fourth-order valence-electron chi connectivity index (χ4n) is 5.30. The third-order valence-corrected chi connectivity index (χ3v) is 6.95. The molecule has 1 fully saturated rings. The Morgan fingerprint density at radius 1 is 0.971 bits per heavy atom. The number of benzene rings is 3. The highest BCUT2D eigenvalue weighted by Crippen LogP contribution is 2.57. The van der Waals surface area contributed by atoms with E-state index in [2.05, 4.69) is 24.8 Å². The SMILES string of the molecule is CCN(CC)c1ccc2c(c1)Oc1cc(OC3CCCO3)ccc1C21OC(=O)c2ccccc21. The summed E-state index contributed by atoms with van der Waals surface area (Å²) in [7, 11) is 0. The Labute approximate surface area is 199 Å². The summed E-state index contributed by atoms with van der Waals surface area (Å²) in [5.74, 6) is 1.63. The van der Waals surface area contributed by atoms with E-state index in [-0.39, 0.29) is 12.3 Å². The van der Waals surface area contributed by atoms with E-state index in [1.54, 1.807) is 0 Å². The number of rotatable bonds is 5. The fraction of sp³-hybridized carbons (Fsp3) is 0.321. The number of hydrogen-bond acceptors (Lipinski definition) is 6. The maximum atomic E-state index is 13.0. The first-order valence-corrected chi connectivity index (χ1v) is 12.0. The summed E-state index contributed by atoms with van der Waals surface area (Å²) < 4.78 is 24.4. The molecule has 3 aromatic carbocycles. The summed E-state index contributed by atoms with van der Waals surface area (Å²) in [5.41, 5.74) is 3.01. The third-order valence-electron chi connectivity index (χ3n) is 6.95. The molecule has 0 N–H and O–H groups in total. The van der Waals surface area contributed by atoms with E-state index in [0.29, 0.717) is 29.4 Å². The van der Waals surface area contributed by atoms with E-state index in [1.165, 1.54) is 0 Å². The lowest BCUT2D eigenvalue weighted by atomic mass is 9.77. The number of carbonyl (C=O) groups excluding carboxylic acids is 1. The van der Waals surface area contributed by atoms with E-state index in [9.17, 15) is 4.79 Å². The van der Waals surface area contributed by atoms with Crippen LogP contribution in [0.25, 0.3) is 0 Å². The molecule has 6 heteroatoms. The minimum atomic E-state index is -1.07. The Morgan fingerprint density at radius 3 is 2.50 bits per heavy atom. The van der Waals surface area contributed by atoms with Crippen LogP contribution in [0.1, 0.15) is 53.7 Å². The lowest BCUT2D eigenvalue weighted by molar-refractivity contribution is -0.0391. The minimum Gasteiger partial charge on any atom is -0.465 e. The summed E-state index contributed by atoms with van der Waals surface area (Å²) >= 11 is 0. The van der Waals surface area contributed by atoms with Gasteiger partial charge in [-0.25, -0.2) is 4.79 Å². The normalized spacial score (nSPS) is 21.9. The van der Waals surface area contributed by atoms with Gasteiger partial charge < -0.3 is 23.8 Å². The van der Waals surface area contributed by atoms with Gasteiger partial charge in [0, 0.05) is 54.0 Å². The largest absolute Gasteiger partial charge is 0.465 e. The fourth-order valence-corrected chi connectivity index (χ4v) is 5.30. The van der Waals surface area contributed by atoms with Crippen LogP contribution in [0.15, 0.2) is 60.7 Å². The van der Waals surface area contributed by atoms with E-state index in [1.807, 2.05) is 54.6 Å². The topological polar surface area (TPSA) is 57.2 Å². The molecule has 1 saturated heterocycles. The van der Waals surface area contributed by atoms with Crippen molar-refractivity contribution in [3.05, 3.63) is 82.9 Å². The summed E-state index contributed by atoms with van der Waals surface area (Å²) in [5, 5.41) is 0. The molecule has 3 heterocycles. The van der Waals surface area contributed by atoms with Crippen LogP contribution < -0.4 is 14.4 Å². The van der Waals surface area contributed by atoms with Gasteiger partial charge in [0.15, 0.2) is 11.9 Å². The van der Waals surface area contributed by atoms with Crippen molar-refractivity contribution in [2.24, 2.45) is 0 Å². The molecule has 0 aromatic heterocycles. The van der Waals surface area contributed by atoms with Crippen molar-refractivity contribution in [1.82, 2.24) is 0 Å². The molecular weight excluding hydrogens is 430 g/mol. The summed E-state index contributed by atoms with van der Waals surface area (Å²) in [4.78, 5) is 15.3. The predicted molar refractivity (Wildman–Crippen MR) is 128 cm³/mol. The summed E-state index contributed by atoms with van der Waals surface area (Å²) in [6, 6.07) is 19.4. The van der Waals surface area contributed by atoms with E-state index in [4.69, 9.17) is 18.9 Å². The van der Waals surface area contributed by atoms with Gasteiger partial charge in [0.1, 0.15) is 17.2 Å². The van der Waals surface area contributed by atoms with Crippen molar-refractivity contribution < 1.29 is 23.7 Å². The number of hydrogen-bond donors (Lipinski definition) is 0. The average molecular weight is 458 g/mol. The van der Waals surface area contributed by atoms with Gasteiger partial charge in [-0.2, -0.15) is 0 Å². The van der Waals surface area contributed by atoms with Gasteiger partial charge in [-0.1, -0.05) is 18.2 Å². The third kappa shape index (κ3) is 3.09. The molecule has 0 saturated carbocycles. The molecule has 3 aliphatic heterocycles. The molecule has 3 aromatic rings. The van der Waals surface area contributed by atoms with Crippen molar-refractivity contribution in [2.45, 2.75) is 38.6 Å². The van der Waals surface area contributed by atoms with Crippen LogP contribution in [-0.2, 0) is 15.1 Å². The molecule has 6 nitrogen and oxygen atoms in total. The number of nitrogens with zero attached hydrogens (tertiary/aromatic N) is 1. The first kappa shape index (κ1) is 21.1. The summed E-state index contributed by atoms with van der Waals surface area (Å²) in [6.45, 7) is 6.74. The average Bonchev–Trinajstić information content (AvgIpc) is 3.47. The Hall–Kier alpha value is -3.51. The zero-order chi connectivity index (χ0) is 23.3. The van der Waals surface area contributed by atoms with E-state index in [0.717, 1.165) is 48.3 Å². The molecular formula is C28H27NO5. The lowest BCUT2D eigenvalue weighted by Gasteiger charge is -2.37. The second-order valence-corrected chi connectivity index (χ2v) is 8.79. The minimum absolute atomic E-state index is 0.248. The molecule has 6 rings (SSSR count). The van der Waals surface area contributed by atoms with Crippen LogP contribution in [0, 0.1) is 0 Å².